The van der Waals surface area contributed by atoms with Gasteiger partial charge in [0.25, 0.3) is 5.91 Å². The Kier molecular flexibility index (Phi) is 7.93. The van der Waals surface area contributed by atoms with Crippen LogP contribution in [0.5, 0.6) is 0 Å². The molecule has 0 atom stereocenters. The Labute approximate surface area is 161 Å². The molecule has 25 heavy (non-hydrogen) atoms. The number of aryl methyl sites for hydroxylation is 1. The molecule has 0 saturated carbocycles. The molecule has 1 aliphatic heterocycles. The van der Waals surface area contributed by atoms with Gasteiger partial charge in [-0.15, -0.1) is 24.8 Å². The number of nitrogens with zero attached hydrogens (tertiary/aromatic N) is 3. The Morgan fingerprint density at radius 2 is 1.92 bits per heavy atom. The molecule has 3 heterocycles. The van der Waals surface area contributed by atoms with Crippen LogP contribution in [-0.4, -0.2) is 46.5 Å². The molecule has 1 saturated heterocycles. The normalized spacial score (nSPS) is 14.4. The third kappa shape index (κ3) is 4.35. The average Bonchev–Trinajstić information content (AvgIpc) is 2.89. The molecule has 0 bridgehead atoms. The lowest BCUT2D eigenvalue weighted by atomic mass is 10.0. The lowest BCUT2D eigenvalue weighted by Crippen LogP contribution is -2.44. The molecule has 0 spiro atoms. The molecule has 0 aliphatic carbocycles. The van der Waals surface area contributed by atoms with E-state index in [0.29, 0.717) is 6.04 Å². The van der Waals surface area contributed by atoms with Crippen LogP contribution < -0.4 is 5.32 Å². The van der Waals surface area contributed by atoms with Crippen molar-refractivity contribution in [2.24, 2.45) is 0 Å². The third-order valence-electron chi connectivity index (χ3n) is 4.72. The second kappa shape index (κ2) is 9.22. The third-order valence-corrected chi connectivity index (χ3v) is 4.72. The van der Waals surface area contributed by atoms with Crippen molar-refractivity contribution in [2.45, 2.75) is 32.7 Å². The number of carbonyl (C=O) groups excluding carboxylic acids is 1. The van der Waals surface area contributed by atoms with Gasteiger partial charge in [0.2, 0.25) is 0 Å². The summed E-state index contributed by atoms with van der Waals surface area (Å²) in [5.74, 6) is 0.957. The lowest BCUT2D eigenvalue weighted by molar-refractivity contribution is 0.0702. The Morgan fingerprint density at radius 3 is 2.52 bits per heavy atom. The van der Waals surface area contributed by atoms with Crippen LogP contribution in [0.1, 0.15) is 34.6 Å². The van der Waals surface area contributed by atoms with Crippen molar-refractivity contribution in [2.75, 3.05) is 20.1 Å². The van der Waals surface area contributed by atoms with E-state index in [2.05, 4.69) is 10.3 Å². The second-order valence-electron chi connectivity index (χ2n) is 6.21. The highest BCUT2D eigenvalue weighted by atomic mass is 35.5. The molecule has 5 nitrogen and oxygen atoms in total. The smallest absolute Gasteiger partial charge is 0.255 e. The van der Waals surface area contributed by atoms with Gasteiger partial charge in [-0.05, 0) is 58.0 Å². The molecule has 138 valence electrons. The van der Waals surface area contributed by atoms with Gasteiger partial charge in [0.15, 0.2) is 0 Å². The Bertz CT molecular complexity index is 697. The predicted molar refractivity (Wildman–Crippen MR) is 106 cm³/mol. The maximum Gasteiger partial charge on any atom is 0.255 e. The Balaban J connectivity index is 0.00000156. The number of halogens is 2. The molecular weight excluding hydrogens is 359 g/mol. The largest absolute Gasteiger partial charge is 0.339 e. The number of carbonyl (C=O) groups is 1. The van der Waals surface area contributed by atoms with Crippen LogP contribution in [0.4, 0.5) is 0 Å². The molecule has 0 aromatic carbocycles. The van der Waals surface area contributed by atoms with Crippen molar-refractivity contribution in [1.29, 1.82) is 0 Å². The van der Waals surface area contributed by atoms with Gasteiger partial charge in [-0.3, -0.25) is 4.79 Å². The SMILES string of the molecule is Cc1cc(C(=O)N(C)C2CCNCC2)c(C)n1-c1ccccn1.Cl.Cl. The summed E-state index contributed by atoms with van der Waals surface area (Å²) in [6.07, 6.45) is 3.80. The van der Waals surface area contributed by atoms with Gasteiger partial charge in [-0.25, -0.2) is 4.98 Å². The van der Waals surface area contributed by atoms with E-state index in [0.717, 1.165) is 48.7 Å². The van der Waals surface area contributed by atoms with Crippen LogP contribution >= 0.6 is 24.8 Å². The minimum absolute atomic E-state index is 0. The number of hydrogen-bond donors (Lipinski definition) is 1. The van der Waals surface area contributed by atoms with Crippen molar-refractivity contribution < 1.29 is 4.79 Å². The Morgan fingerprint density at radius 1 is 1.24 bits per heavy atom. The van der Waals surface area contributed by atoms with Crippen molar-refractivity contribution in [1.82, 2.24) is 19.8 Å². The van der Waals surface area contributed by atoms with E-state index in [1.54, 1.807) is 6.20 Å². The van der Waals surface area contributed by atoms with Crippen LogP contribution in [0.2, 0.25) is 0 Å². The maximum atomic E-state index is 12.9. The predicted octanol–water partition coefficient (Wildman–Crippen LogP) is 3.16. The van der Waals surface area contributed by atoms with Crippen LogP contribution in [0, 0.1) is 13.8 Å². The monoisotopic (exact) mass is 384 g/mol. The molecule has 2 aromatic rings. The highest BCUT2D eigenvalue weighted by molar-refractivity contribution is 5.96. The van der Waals surface area contributed by atoms with E-state index in [1.165, 1.54) is 0 Å². The summed E-state index contributed by atoms with van der Waals surface area (Å²) in [4.78, 5) is 19.2. The summed E-state index contributed by atoms with van der Waals surface area (Å²) in [5, 5.41) is 3.34. The number of piperidine rings is 1. The zero-order chi connectivity index (χ0) is 16.4. The Hall–Kier alpha value is -1.56. The number of aromatic nitrogens is 2. The first-order chi connectivity index (χ1) is 11.1. The summed E-state index contributed by atoms with van der Waals surface area (Å²) in [5.41, 5.74) is 2.75. The van der Waals surface area contributed by atoms with Crippen molar-refractivity contribution >= 4 is 30.7 Å². The van der Waals surface area contributed by atoms with Gasteiger partial charge in [0.1, 0.15) is 5.82 Å². The zero-order valence-electron chi connectivity index (χ0n) is 14.9. The lowest BCUT2D eigenvalue weighted by Gasteiger charge is -2.31. The van der Waals surface area contributed by atoms with Gasteiger partial charge in [0.05, 0.1) is 5.56 Å². The number of nitrogens with one attached hydrogen (secondary N) is 1. The molecule has 0 radical (unpaired) electrons. The molecule has 2 aromatic heterocycles. The van der Waals surface area contributed by atoms with Crippen LogP contribution in [0.15, 0.2) is 30.5 Å². The average molecular weight is 385 g/mol. The maximum absolute atomic E-state index is 12.9. The number of rotatable bonds is 3. The molecule has 1 fully saturated rings. The molecule has 1 amide bonds. The van der Waals surface area contributed by atoms with Crippen LogP contribution in [-0.2, 0) is 0 Å². The zero-order valence-corrected chi connectivity index (χ0v) is 16.5. The molecule has 0 unspecified atom stereocenters. The van der Waals surface area contributed by atoms with E-state index in [4.69, 9.17) is 0 Å². The van der Waals surface area contributed by atoms with Gasteiger partial charge >= 0.3 is 0 Å². The molecule has 1 N–H and O–H groups in total. The van der Waals surface area contributed by atoms with Gasteiger partial charge < -0.3 is 14.8 Å². The highest BCUT2D eigenvalue weighted by Gasteiger charge is 2.26. The topological polar surface area (TPSA) is 50.2 Å². The van der Waals surface area contributed by atoms with Crippen molar-refractivity contribution in [3.8, 4) is 5.82 Å². The standard InChI is InChI=1S/C18H24N4O.2ClH/c1-13-12-16(14(2)22(13)17-6-4-5-9-20-17)18(23)21(3)15-7-10-19-11-8-15;;/h4-6,9,12,15,19H,7-8,10-11H2,1-3H3;2*1H. The summed E-state index contributed by atoms with van der Waals surface area (Å²) >= 11 is 0. The van der Waals surface area contributed by atoms with E-state index < -0.39 is 0 Å². The summed E-state index contributed by atoms with van der Waals surface area (Å²) in [6, 6.07) is 8.12. The first-order valence-corrected chi connectivity index (χ1v) is 8.18. The minimum Gasteiger partial charge on any atom is -0.339 e. The van der Waals surface area contributed by atoms with Gasteiger partial charge in [0, 0.05) is 30.7 Å². The summed E-state index contributed by atoms with van der Waals surface area (Å²) < 4.78 is 2.05. The quantitative estimate of drug-likeness (QED) is 0.883. The van der Waals surface area contributed by atoms with Gasteiger partial charge in [-0.2, -0.15) is 0 Å². The van der Waals surface area contributed by atoms with Crippen molar-refractivity contribution in [3.05, 3.63) is 47.4 Å². The molecular formula is C18H26Cl2N4O. The van der Waals surface area contributed by atoms with E-state index in [1.807, 2.05) is 54.6 Å². The van der Waals surface area contributed by atoms with Crippen LogP contribution in [0.3, 0.4) is 0 Å². The summed E-state index contributed by atoms with van der Waals surface area (Å²) in [7, 11) is 1.92. The van der Waals surface area contributed by atoms with E-state index in [-0.39, 0.29) is 30.7 Å². The molecule has 3 rings (SSSR count). The summed E-state index contributed by atoms with van der Waals surface area (Å²) in [6.45, 7) is 5.97. The first-order valence-electron chi connectivity index (χ1n) is 8.18. The second-order valence-corrected chi connectivity index (χ2v) is 6.21. The first kappa shape index (κ1) is 21.5. The fourth-order valence-electron chi connectivity index (χ4n) is 3.37. The molecule has 7 heteroatoms. The fourth-order valence-corrected chi connectivity index (χ4v) is 3.37. The minimum atomic E-state index is 0. The molecule has 1 aliphatic rings. The number of amides is 1. The number of pyridine rings is 1. The van der Waals surface area contributed by atoms with E-state index in [9.17, 15) is 4.79 Å². The van der Waals surface area contributed by atoms with E-state index >= 15 is 0 Å². The van der Waals surface area contributed by atoms with Crippen molar-refractivity contribution in [3.63, 3.8) is 0 Å². The highest BCUT2D eigenvalue weighted by Crippen LogP contribution is 2.22. The van der Waals surface area contributed by atoms with Gasteiger partial charge in [-0.1, -0.05) is 6.07 Å². The number of hydrogen-bond acceptors (Lipinski definition) is 3. The fraction of sp³-hybridized carbons (Fsp3) is 0.444. The van der Waals surface area contributed by atoms with Crippen LogP contribution in [0.25, 0.3) is 5.82 Å².